The summed E-state index contributed by atoms with van der Waals surface area (Å²) in [5, 5.41) is 13.4. The highest BCUT2D eigenvalue weighted by Gasteiger charge is 2.33. The number of esters is 1. The van der Waals surface area contributed by atoms with Crippen molar-refractivity contribution >= 4 is 57.0 Å². The fourth-order valence-electron chi connectivity index (χ4n) is 4.71. The van der Waals surface area contributed by atoms with Crippen molar-refractivity contribution in [2.75, 3.05) is 13.7 Å². The van der Waals surface area contributed by atoms with E-state index in [1.165, 1.54) is 17.3 Å². The van der Waals surface area contributed by atoms with Gasteiger partial charge in [0.1, 0.15) is 22.1 Å². The van der Waals surface area contributed by atoms with Crippen molar-refractivity contribution in [3.63, 3.8) is 0 Å². The average molecular weight is 573 g/mol. The van der Waals surface area contributed by atoms with Crippen LogP contribution in [0.15, 0.2) is 94.2 Å². The molecule has 8 heteroatoms. The zero-order valence-electron chi connectivity index (χ0n) is 22.5. The number of aliphatic hydroxyl groups is 1. The molecule has 1 aromatic heterocycles. The topological polar surface area (TPSA) is 73.0 Å². The normalized spacial score (nSPS) is 15.4. The van der Waals surface area contributed by atoms with Gasteiger partial charge in [0.2, 0.25) is 0 Å². The fourth-order valence-corrected chi connectivity index (χ4v) is 5.93. The Labute approximate surface area is 242 Å². The molecule has 0 unspecified atom stereocenters. The van der Waals surface area contributed by atoms with Crippen LogP contribution in [0.4, 0.5) is 5.69 Å². The first kappa shape index (κ1) is 27.6. The van der Waals surface area contributed by atoms with E-state index in [-0.39, 0.29) is 17.9 Å². The summed E-state index contributed by atoms with van der Waals surface area (Å²) in [4.78, 5) is 18.1. The predicted octanol–water partition coefficient (Wildman–Crippen LogP) is 8.11. The first-order valence-electron chi connectivity index (χ1n) is 13.0. The zero-order valence-corrected chi connectivity index (χ0v) is 24.1. The predicted molar refractivity (Wildman–Crippen MR) is 164 cm³/mol. The lowest BCUT2D eigenvalue weighted by atomic mass is 10.1. The molecule has 6 nitrogen and oxygen atoms in total. The molecule has 0 spiro atoms. The summed E-state index contributed by atoms with van der Waals surface area (Å²) >= 11 is 7.74. The van der Waals surface area contributed by atoms with Crippen LogP contribution in [0, 0.1) is 0 Å². The number of halogens is 1. The second-order valence-electron chi connectivity index (χ2n) is 9.14. The summed E-state index contributed by atoms with van der Waals surface area (Å²) in [5.74, 6) is -0.0563. The number of methoxy groups -OCH3 is 1. The van der Waals surface area contributed by atoms with Gasteiger partial charge in [-0.2, -0.15) is 0 Å². The lowest BCUT2D eigenvalue weighted by molar-refractivity contribution is -0.138. The largest absolute Gasteiger partial charge is 0.506 e. The maximum absolute atomic E-state index is 12.9. The number of nitrogens with zero attached hydrogens (tertiary/aromatic N) is 2. The Morgan fingerprint density at radius 3 is 2.50 bits per heavy atom. The highest BCUT2D eigenvalue weighted by Crippen LogP contribution is 2.41. The molecule has 0 saturated carbocycles. The molecule has 4 aromatic rings. The average Bonchev–Trinajstić information content (AvgIpc) is 3.47. The minimum Gasteiger partial charge on any atom is -0.506 e. The third-order valence-electron chi connectivity index (χ3n) is 6.65. The number of aliphatic imine (C=N–C) groups is 1. The van der Waals surface area contributed by atoms with E-state index in [9.17, 15) is 9.90 Å². The van der Waals surface area contributed by atoms with Crippen molar-refractivity contribution in [3.05, 3.63) is 111 Å². The van der Waals surface area contributed by atoms with Crippen molar-refractivity contribution in [1.82, 2.24) is 4.57 Å². The maximum Gasteiger partial charge on any atom is 0.344 e. The standard InChI is InChI=1S/C32H29ClN2O4S/c1-4-20-10-8-11-25-22(19-35(29(20)25)18-21-9-6-7-12-26(21)33)17-27-30(36)28(32(37)39-5-2)31(40-27)34-23-13-15-24(38-3)16-14-23/h6-17,19,36H,4-5,18H2,1-3H3/b27-17-,34-31?. The summed E-state index contributed by atoms with van der Waals surface area (Å²) < 4.78 is 12.7. The van der Waals surface area contributed by atoms with Crippen molar-refractivity contribution in [2.45, 2.75) is 26.8 Å². The number of benzene rings is 3. The van der Waals surface area contributed by atoms with Gasteiger partial charge in [-0.05, 0) is 60.9 Å². The van der Waals surface area contributed by atoms with Gasteiger partial charge < -0.3 is 19.1 Å². The molecule has 5 rings (SSSR count). The first-order valence-corrected chi connectivity index (χ1v) is 14.2. The molecule has 3 aromatic carbocycles. The summed E-state index contributed by atoms with van der Waals surface area (Å²) in [6.07, 6.45) is 4.84. The van der Waals surface area contributed by atoms with Crippen LogP contribution < -0.4 is 4.74 Å². The molecule has 0 aliphatic carbocycles. The smallest absolute Gasteiger partial charge is 0.344 e. The molecule has 0 saturated heterocycles. The number of rotatable bonds is 8. The second-order valence-corrected chi connectivity index (χ2v) is 10.6. The Balaban J connectivity index is 1.61. The number of hydrogen-bond acceptors (Lipinski definition) is 6. The molecule has 1 aliphatic heterocycles. The van der Waals surface area contributed by atoms with Gasteiger partial charge in [0, 0.05) is 28.7 Å². The summed E-state index contributed by atoms with van der Waals surface area (Å²) in [6, 6.07) is 21.2. The zero-order chi connectivity index (χ0) is 28.2. The van der Waals surface area contributed by atoms with E-state index >= 15 is 0 Å². The van der Waals surface area contributed by atoms with Gasteiger partial charge >= 0.3 is 5.97 Å². The number of carbonyl (C=O) groups excluding carboxylic acids is 1. The molecule has 40 heavy (non-hydrogen) atoms. The lowest BCUT2D eigenvalue weighted by Gasteiger charge is -2.10. The van der Waals surface area contributed by atoms with Crippen LogP contribution >= 0.6 is 23.4 Å². The monoisotopic (exact) mass is 572 g/mol. The van der Waals surface area contributed by atoms with Gasteiger partial charge in [0.05, 0.1) is 29.8 Å². The Kier molecular flexibility index (Phi) is 8.33. The Morgan fingerprint density at radius 1 is 1.05 bits per heavy atom. The van der Waals surface area contributed by atoms with Crippen molar-refractivity contribution in [2.24, 2.45) is 4.99 Å². The molecular formula is C32H29ClN2O4S. The Hall–Kier alpha value is -3.94. The summed E-state index contributed by atoms with van der Waals surface area (Å²) in [7, 11) is 1.60. The summed E-state index contributed by atoms with van der Waals surface area (Å²) in [5.41, 5.74) is 4.94. The van der Waals surface area contributed by atoms with Gasteiger partial charge in [0.25, 0.3) is 0 Å². The highest BCUT2D eigenvalue weighted by atomic mass is 35.5. The number of carbonyl (C=O) groups is 1. The molecule has 0 fully saturated rings. The molecule has 0 atom stereocenters. The Bertz CT molecular complexity index is 1670. The van der Waals surface area contributed by atoms with Crippen molar-refractivity contribution in [3.8, 4) is 5.75 Å². The van der Waals surface area contributed by atoms with Gasteiger partial charge in [-0.1, -0.05) is 66.7 Å². The highest BCUT2D eigenvalue weighted by molar-refractivity contribution is 8.18. The van der Waals surface area contributed by atoms with Gasteiger partial charge in [-0.15, -0.1) is 0 Å². The van der Waals surface area contributed by atoms with Crippen LogP contribution in [0.3, 0.4) is 0 Å². The number of hydrogen-bond donors (Lipinski definition) is 1. The minimum atomic E-state index is -0.613. The van der Waals surface area contributed by atoms with E-state index in [0.717, 1.165) is 28.5 Å². The molecule has 1 aliphatic rings. The van der Waals surface area contributed by atoms with Gasteiger partial charge in [0.15, 0.2) is 0 Å². The van der Waals surface area contributed by atoms with Crippen LogP contribution in [0.2, 0.25) is 5.02 Å². The van der Waals surface area contributed by atoms with Crippen molar-refractivity contribution in [1.29, 1.82) is 0 Å². The molecule has 0 radical (unpaired) electrons. The number of para-hydroxylation sites is 1. The van der Waals surface area contributed by atoms with Gasteiger partial charge in [-0.3, -0.25) is 0 Å². The number of fused-ring (bicyclic) bond motifs is 1. The van der Waals surface area contributed by atoms with Crippen molar-refractivity contribution < 1.29 is 19.4 Å². The maximum atomic E-state index is 12.9. The molecular weight excluding hydrogens is 544 g/mol. The number of aliphatic hydroxyl groups excluding tert-OH is 1. The molecule has 2 heterocycles. The van der Waals surface area contributed by atoms with Crippen LogP contribution in [0.1, 0.15) is 30.5 Å². The van der Waals surface area contributed by atoms with Crippen LogP contribution in [-0.4, -0.2) is 34.4 Å². The van der Waals surface area contributed by atoms with E-state index in [1.807, 2.05) is 36.4 Å². The number of ether oxygens (including phenoxy) is 2. The third-order valence-corrected chi connectivity index (χ3v) is 8.04. The lowest BCUT2D eigenvalue weighted by Crippen LogP contribution is -2.12. The van der Waals surface area contributed by atoms with E-state index in [1.54, 1.807) is 38.3 Å². The Morgan fingerprint density at radius 2 is 1.80 bits per heavy atom. The molecule has 0 amide bonds. The van der Waals surface area contributed by atoms with Crippen LogP contribution in [0.5, 0.6) is 5.75 Å². The van der Waals surface area contributed by atoms with E-state index in [4.69, 9.17) is 21.1 Å². The van der Waals surface area contributed by atoms with Crippen LogP contribution in [-0.2, 0) is 22.5 Å². The van der Waals surface area contributed by atoms with Gasteiger partial charge in [-0.25, -0.2) is 9.79 Å². The second kappa shape index (κ2) is 12.1. The number of aryl methyl sites for hydroxylation is 1. The fraction of sp³-hybridized carbons (Fsp3) is 0.188. The molecule has 0 bridgehead atoms. The first-order chi connectivity index (χ1) is 19.4. The van der Waals surface area contributed by atoms with E-state index in [0.29, 0.717) is 33.0 Å². The van der Waals surface area contributed by atoms with E-state index < -0.39 is 5.97 Å². The molecule has 204 valence electrons. The minimum absolute atomic E-state index is 0.0583. The SMILES string of the molecule is CCOC(=O)C1=C(O)/C(=C/c2cn(Cc3ccccc3Cl)c3c(CC)cccc23)SC1=Nc1ccc(OC)cc1. The number of aromatic nitrogens is 1. The quantitative estimate of drug-likeness (QED) is 0.216. The van der Waals surface area contributed by atoms with Crippen LogP contribution in [0.25, 0.3) is 17.0 Å². The third kappa shape index (κ3) is 5.53. The van der Waals surface area contributed by atoms with E-state index in [2.05, 4.69) is 34.8 Å². The number of thioether (sulfide) groups is 1. The summed E-state index contributed by atoms with van der Waals surface area (Å²) in [6.45, 7) is 4.65. The molecule has 1 N–H and O–H groups in total.